The van der Waals surface area contributed by atoms with Gasteiger partial charge in [-0.25, -0.2) is 14.6 Å². The highest BCUT2D eigenvalue weighted by Crippen LogP contribution is 2.56. The molecule has 5 aromatic rings. The Labute approximate surface area is 293 Å². The molecule has 4 atom stereocenters. The number of halogens is 2. The van der Waals surface area contributed by atoms with Crippen LogP contribution in [-0.2, 0) is 23.0 Å². The van der Waals surface area contributed by atoms with Crippen LogP contribution in [0, 0.1) is 17.8 Å². The van der Waals surface area contributed by atoms with E-state index in [1.54, 1.807) is 32.6 Å². The zero-order chi connectivity index (χ0) is 34.0. The molecule has 8 rings (SSSR count). The summed E-state index contributed by atoms with van der Waals surface area (Å²) in [4.78, 5) is 37.2. The van der Waals surface area contributed by atoms with Gasteiger partial charge in [0.05, 0.1) is 52.6 Å². The molecule has 2 aliphatic carbocycles. The summed E-state index contributed by atoms with van der Waals surface area (Å²) in [7, 11) is 3.26. The Morgan fingerprint density at radius 2 is 1.78 bits per heavy atom. The summed E-state index contributed by atoms with van der Waals surface area (Å²) in [5.41, 5.74) is 5.59. The molecule has 1 unspecified atom stereocenters. The zero-order valence-corrected chi connectivity index (χ0v) is 28.8. The van der Waals surface area contributed by atoms with Crippen LogP contribution in [-0.4, -0.2) is 57.4 Å². The Morgan fingerprint density at radius 1 is 1.04 bits per heavy atom. The van der Waals surface area contributed by atoms with Gasteiger partial charge < -0.3 is 14.8 Å². The first-order chi connectivity index (χ1) is 23.8. The molecule has 0 radical (unpaired) electrons. The topological polar surface area (TPSA) is 111 Å². The lowest BCUT2D eigenvalue weighted by Gasteiger charge is -2.28. The number of nitrogens with one attached hydrogen (secondary N) is 1. The van der Waals surface area contributed by atoms with Crippen LogP contribution < -0.4 is 15.6 Å². The number of ether oxygens (including phenoxy) is 2. The molecule has 0 bridgehead atoms. The Hall–Kier alpha value is -4.51. The van der Waals surface area contributed by atoms with Crippen molar-refractivity contribution in [2.24, 2.45) is 24.8 Å². The van der Waals surface area contributed by atoms with E-state index in [4.69, 9.17) is 37.7 Å². The third-order valence-corrected chi connectivity index (χ3v) is 11.0. The summed E-state index contributed by atoms with van der Waals surface area (Å²) in [6.07, 6.45) is 5.13. The second-order valence-corrected chi connectivity index (χ2v) is 13.6. The molecule has 0 spiro atoms. The van der Waals surface area contributed by atoms with E-state index in [9.17, 15) is 9.59 Å². The molecule has 3 aliphatic rings. The third kappa shape index (κ3) is 5.33. The lowest BCUT2D eigenvalue weighted by atomic mass is 9.99. The van der Waals surface area contributed by atoms with Gasteiger partial charge in [-0.15, -0.1) is 0 Å². The quantitative estimate of drug-likeness (QED) is 0.174. The maximum absolute atomic E-state index is 12.9. The average Bonchev–Trinajstić information content (AvgIpc) is 3.38. The number of carbonyl (C=O) groups excluding carboxylic acids is 1. The van der Waals surface area contributed by atoms with Crippen molar-refractivity contribution >= 4 is 51.4 Å². The molecular weight excluding hydrogens is 663 g/mol. The van der Waals surface area contributed by atoms with Gasteiger partial charge in [0.15, 0.2) is 0 Å². The van der Waals surface area contributed by atoms with E-state index in [0.717, 1.165) is 53.9 Å². The van der Waals surface area contributed by atoms with Gasteiger partial charge in [0.2, 0.25) is 5.88 Å². The Bertz CT molecular complexity index is 2190. The first-order valence-electron chi connectivity index (χ1n) is 16.4. The van der Waals surface area contributed by atoms with Gasteiger partial charge in [0, 0.05) is 60.0 Å². The number of benzene rings is 2. The molecule has 2 fully saturated rings. The van der Waals surface area contributed by atoms with E-state index >= 15 is 0 Å². The average molecular weight is 698 g/mol. The van der Waals surface area contributed by atoms with Crippen LogP contribution in [0.15, 0.2) is 65.7 Å². The summed E-state index contributed by atoms with van der Waals surface area (Å²) in [5.74, 6) is 1.72. The van der Waals surface area contributed by atoms with Crippen molar-refractivity contribution in [2.45, 2.75) is 25.8 Å². The Balaban J connectivity index is 1.09. The highest BCUT2D eigenvalue weighted by atomic mass is 35.5. The molecule has 2 aromatic carbocycles. The molecule has 3 aromatic heterocycles. The number of piperidine rings is 1. The normalized spacial score (nSPS) is 21.0. The highest BCUT2D eigenvalue weighted by molar-refractivity contribution is 6.39. The number of fused-ring (bicyclic) bond motifs is 3. The second kappa shape index (κ2) is 12.4. The van der Waals surface area contributed by atoms with Crippen molar-refractivity contribution in [2.75, 3.05) is 32.1 Å². The van der Waals surface area contributed by atoms with Crippen LogP contribution in [0.4, 0.5) is 11.5 Å². The Morgan fingerprint density at radius 3 is 2.53 bits per heavy atom. The van der Waals surface area contributed by atoms with Gasteiger partial charge in [-0.3, -0.25) is 14.5 Å². The second-order valence-electron chi connectivity index (χ2n) is 12.9. The monoisotopic (exact) mass is 696 g/mol. The van der Waals surface area contributed by atoms with Crippen molar-refractivity contribution in [1.82, 2.24) is 24.6 Å². The molecule has 49 heavy (non-hydrogen) atoms. The van der Waals surface area contributed by atoms with Crippen LogP contribution >= 0.6 is 23.2 Å². The summed E-state index contributed by atoms with van der Waals surface area (Å²) in [6.45, 7) is 4.05. The molecule has 12 heteroatoms. The number of pyridine rings is 2. The SMILES string of the molecule is CCOC(=O)C1[C@H]2CN([C@@H]3CCc4cc(-c5cccc(-c6cccc(Nc7nccc8cnn(C)c(=O)c78)c6Cl)c5Cl)nc(OC)c43)C[C@@H]12. The molecule has 4 heterocycles. The van der Waals surface area contributed by atoms with Gasteiger partial charge in [0.25, 0.3) is 5.56 Å². The molecule has 1 aliphatic heterocycles. The van der Waals surface area contributed by atoms with E-state index in [2.05, 4.69) is 26.4 Å². The minimum Gasteiger partial charge on any atom is -0.481 e. The van der Waals surface area contributed by atoms with Crippen LogP contribution in [0.3, 0.4) is 0 Å². The largest absolute Gasteiger partial charge is 0.481 e. The van der Waals surface area contributed by atoms with Gasteiger partial charge in [-0.05, 0) is 55.4 Å². The molecule has 0 amide bonds. The fourth-order valence-corrected chi connectivity index (χ4v) is 8.41. The van der Waals surface area contributed by atoms with Gasteiger partial charge >= 0.3 is 5.97 Å². The third-order valence-electron chi connectivity index (χ3n) is 10.2. The van der Waals surface area contributed by atoms with E-state index in [1.165, 1.54) is 10.2 Å². The fraction of sp³-hybridized carbons (Fsp3) is 0.324. The number of likely N-dealkylation sites (tertiary alicyclic amines) is 1. The van der Waals surface area contributed by atoms with Crippen molar-refractivity contribution in [1.29, 1.82) is 0 Å². The number of nitrogens with zero attached hydrogens (tertiary/aromatic N) is 5. The maximum Gasteiger partial charge on any atom is 0.309 e. The molecular formula is C37H34Cl2N6O4. The predicted octanol–water partition coefficient (Wildman–Crippen LogP) is 6.84. The molecule has 250 valence electrons. The summed E-state index contributed by atoms with van der Waals surface area (Å²) in [5, 5.41) is 9.42. The van der Waals surface area contributed by atoms with Crippen LogP contribution in [0.2, 0.25) is 10.0 Å². The molecule has 10 nitrogen and oxygen atoms in total. The maximum atomic E-state index is 12.9. The first kappa shape index (κ1) is 31.7. The van der Waals surface area contributed by atoms with Crippen molar-refractivity contribution in [3.05, 3.63) is 92.5 Å². The number of rotatable bonds is 8. The predicted molar refractivity (Wildman–Crippen MR) is 189 cm³/mol. The number of aromatic nitrogens is 4. The zero-order valence-electron chi connectivity index (χ0n) is 27.2. The van der Waals surface area contributed by atoms with Crippen molar-refractivity contribution in [3.63, 3.8) is 0 Å². The highest BCUT2D eigenvalue weighted by Gasteiger charge is 2.61. The van der Waals surface area contributed by atoms with E-state index in [0.29, 0.717) is 56.6 Å². The standard InChI is InChI=1S/C37H34Cl2N6O4/c1-4-49-37(47)31-24-17-45(18-25(24)31)28-12-11-19-15-27(43-35(48-3)29(19)28)23-9-5-7-21(32(23)38)22-8-6-10-26(33(22)39)42-34-30-20(13-14-40-34)16-41-44(2)36(30)46/h5-10,13-16,24-25,28,31H,4,11-12,17-18H2,1-3H3,(H,40,42)/t24-,25+,28-,31?/m1/s1. The molecule has 1 saturated carbocycles. The van der Waals surface area contributed by atoms with Crippen molar-refractivity contribution < 1.29 is 14.3 Å². The minimum absolute atomic E-state index is 0.0420. The van der Waals surface area contributed by atoms with Crippen LogP contribution in [0.5, 0.6) is 5.88 Å². The fourth-order valence-electron chi connectivity index (χ4n) is 7.81. The van der Waals surface area contributed by atoms with Gasteiger partial charge in [0.1, 0.15) is 5.82 Å². The number of hydrogen-bond donors (Lipinski definition) is 1. The van der Waals surface area contributed by atoms with Crippen LogP contribution in [0.25, 0.3) is 33.2 Å². The number of esters is 1. The summed E-state index contributed by atoms with van der Waals surface area (Å²) in [6, 6.07) is 15.5. The van der Waals surface area contributed by atoms with Gasteiger partial charge in [-0.1, -0.05) is 53.5 Å². The lowest BCUT2D eigenvalue weighted by molar-refractivity contribution is -0.145. The lowest BCUT2D eigenvalue weighted by Crippen LogP contribution is -2.30. The summed E-state index contributed by atoms with van der Waals surface area (Å²) >= 11 is 14.2. The number of aryl methyl sites for hydroxylation is 2. The minimum atomic E-state index is -0.264. The molecule has 1 N–H and O–H groups in total. The molecule has 1 saturated heterocycles. The number of hydrogen-bond acceptors (Lipinski definition) is 9. The van der Waals surface area contributed by atoms with Crippen molar-refractivity contribution in [3.8, 4) is 28.3 Å². The van der Waals surface area contributed by atoms with E-state index in [-0.39, 0.29) is 23.5 Å². The van der Waals surface area contributed by atoms with E-state index < -0.39 is 0 Å². The number of anilines is 2. The number of carbonyl (C=O) groups is 1. The van der Waals surface area contributed by atoms with Crippen LogP contribution in [0.1, 0.15) is 30.5 Å². The smallest absolute Gasteiger partial charge is 0.309 e. The van der Waals surface area contributed by atoms with E-state index in [1.807, 2.05) is 43.3 Å². The number of methoxy groups -OCH3 is 1. The first-order valence-corrected chi connectivity index (χ1v) is 17.2. The van der Waals surface area contributed by atoms with Gasteiger partial charge in [-0.2, -0.15) is 5.10 Å². The Kier molecular flexibility index (Phi) is 8.05. The summed E-state index contributed by atoms with van der Waals surface area (Å²) < 4.78 is 12.5.